The van der Waals surface area contributed by atoms with E-state index in [2.05, 4.69) is 32.4 Å². The van der Waals surface area contributed by atoms with E-state index in [0.717, 1.165) is 24.9 Å². The molecule has 10 heteroatoms. The molecule has 6 nitrogen and oxygen atoms in total. The van der Waals surface area contributed by atoms with E-state index in [1.165, 1.54) is 18.7 Å². The fourth-order valence-electron chi connectivity index (χ4n) is 4.98. The van der Waals surface area contributed by atoms with Gasteiger partial charge in [0.1, 0.15) is 18.4 Å². The molecule has 0 radical (unpaired) electrons. The van der Waals surface area contributed by atoms with Crippen LogP contribution < -0.4 is 10.1 Å². The van der Waals surface area contributed by atoms with Gasteiger partial charge in [-0.05, 0) is 49.6 Å². The van der Waals surface area contributed by atoms with Crippen molar-refractivity contribution in [1.29, 1.82) is 0 Å². The minimum Gasteiger partial charge on any atom is -0.405 e. The van der Waals surface area contributed by atoms with Crippen LogP contribution in [0.15, 0.2) is 61.2 Å². The Balaban J connectivity index is 0.00000259. The molecule has 5 rings (SSSR count). The number of rotatable bonds is 4. The second-order valence-electron chi connectivity index (χ2n) is 8.32. The molecule has 2 saturated heterocycles. The van der Waals surface area contributed by atoms with Crippen LogP contribution in [0.2, 0.25) is 0 Å². The summed E-state index contributed by atoms with van der Waals surface area (Å²) in [6, 6.07) is 14.7. The zero-order valence-electron chi connectivity index (χ0n) is 17.7. The first-order chi connectivity index (χ1) is 15.4. The molecule has 3 aromatic rings. The molecule has 33 heavy (non-hydrogen) atoms. The average molecular weight is 481 g/mol. The lowest BCUT2D eigenvalue weighted by molar-refractivity contribution is -0.275. The standard InChI is InChI=1S/C23H23F3N4O2.ClH/c24-23(25,26)32-20-8-7-18(30-14-28-29-15-30)11-19(20)17-12-22(31-13-17)9-4-10-27-21(22)16-5-2-1-3-6-16;/h1-3,5-8,11,14-15,17,21,27H,4,9-10,12-13H2;1H/t17-,21+,22-;/m1./s1. The van der Waals surface area contributed by atoms with E-state index >= 15 is 0 Å². The highest BCUT2D eigenvalue weighted by atomic mass is 35.5. The van der Waals surface area contributed by atoms with Gasteiger partial charge in [-0.1, -0.05) is 30.3 Å². The molecule has 176 valence electrons. The lowest BCUT2D eigenvalue weighted by Gasteiger charge is -2.41. The maximum atomic E-state index is 13.1. The molecule has 3 atom stereocenters. The second kappa shape index (κ2) is 9.32. The smallest absolute Gasteiger partial charge is 0.405 e. The number of hydrogen-bond donors (Lipinski definition) is 1. The molecule has 3 heterocycles. The van der Waals surface area contributed by atoms with Crippen LogP contribution in [0.3, 0.4) is 0 Å². The molecule has 2 aliphatic heterocycles. The number of hydrogen-bond acceptors (Lipinski definition) is 5. The van der Waals surface area contributed by atoms with Crippen molar-refractivity contribution in [3.8, 4) is 11.4 Å². The van der Waals surface area contributed by atoms with Crippen molar-refractivity contribution >= 4 is 12.4 Å². The zero-order chi connectivity index (χ0) is 22.2. The molecule has 1 spiro atoms. The van der Waals surface area contributed by atoms with Crippen LogP contribution in [0.4, 0.5) is 13.2 Å². The van der Waals surface area contributed by atoms with Crippen LogP contribution in [-0.2, 0) is 4.74 Å². The van der Waals surface area contributed by atoms with Gasteiger partial charge in [0.25, 0.3) is 0 Å². The Bertz CT molecular complexity index is 1070. The van der Waals surface area contributed by atoms with Gasteiger partial charge in [0.15, 0.2) is 0 Å². The number of benzene rings is 2. The quantitative estimate of drug-likeness (QED) is 0.572. The first kappa shape index (κ1) is 23.5. The third kappa shape index (κ3) is 4.85. The number of ether oxygens (including phenoxy) is 2. The van der Waals surface area contributed by atoms with Gasteiger partial charge in [-0.25, -0.2) is 0 Å². The van der Waals surface area contributed by atoms with Crippen LogP contribution in [0.5, 0.6) is 5.75 Å². The first-order valence-electron chi connectivity index (χ1n) is 10.6. The lowest BCUT2D eigenvalue weighted by atomic mass is 9.77. The molecule has 2 fully saturated rings. The van der Waals surface area contributed by atoms with E-state index in [4.69, 9.17) is 4.74 Å². The van der Waals surface area contributed by atoms with E-state index in [1.807, 2.05) is 18.2 Å². The fourth-order valence-corrected chi connectivity index (χ4v) is 4.98. The largest absolute Gasteiger partial charge is 0.573 e. The third-order valence-electron chi connectivity index (χ3n) is 6.32. The molecule has 0 saturated carbocycles. The SMILES string of the molecule is Cl.FC(F)(F)Oc1ccc(-n2cnnc2)cc1[C@H]1CO[C@]2(CCCN[C@H]2c2ccccc2)C1. The highest BCUT2D eigenvalue weighted by molar-refractivity contribution is 5.85. The molecule has 2 aromatic carbocycles. The summed E-state index contributed by atoms with van der Waals surface area (Å²) in [4.78, 5) is 0. The molecule has 2 aliphatic rings. The summed E-state index contributed by atoms with van der Waals surface area (Å²) in [7, 11) is 0. The molecule has 0 unspecified atom stereocenters. The number of halogens is 4. The van der Waals surface area contributed by atoms with Crippen molar-refractivity contribution in [2.45, 2.75) is 43.2 Å². The van der Waals surface area contributed by atoms with Crippen LogP contribution in [0.25, 0.3) is 5.69 Å². The molecule has 0 aliphatic carbocycles. The summed E-state index contributed by atoms with van der Waals surface area (Å²) >= 11 is 0. The molecule has 0 bridgehead atoms. The van der Waals surface area contributed by atoms with Crippen molar-refractivity contribution in [1.82, 2.24) is 20.1 Å². The number of alkyl halides is 3. The summed E-state index contributed by atoms with van der Waals surface area (Å²) in [5.41, 5.74) is 1.79. The predicted molar refractivity (Wildman–Crippen MR) is 118 cm³/mol. The predicted octanol–water partition coefficient (Wildman–Crippen LogP) is 4.96. The topological polar surface area (TPSA) is 61.2 Å². The Hall–Kier alpha value is -2.62. The van der Waals surface area contributed by atoms with Gasteiger partial charge >= 0.3 is 6.36 Å². The van der Waals surface area contributed by atoms with Crippen molar-refractivity contribution in [3.63, 3.8) is 0 Å². The van der Waals surface area contributed by atoms with Crippen LogP contribution >= 0.6 is 12.4 Å². The lowest BCUT2D eigenvalue weighted by Crippen LogP contribution is -2.48. The van der Waals surface area contributed by atoms with Crippen molar-refractivity contribution in [2.24, 2.45) is 0 Å². The number of piperidine rings is 1. The molecule has 0 amide bonds. The minimum absolute atomic E-state index is 0. The normalized spacial score (nSPS) is 25.1. The van der Waals surface area contributed by atoms with E-state index < -0.39 is 12.0 Å². The molecule has 1 N–H and O–H groups in total. The zero-order valence-corrected chi connectivity index (χ0v) is 18.5. The minimum atomic E-state index is -4.77. The summed E-state index contributed by atoms with van der Waals surface area (Å²) in [5, 5.41) is 11.1. The third-order valence-corrected chi connectivity index (χ3v) is 6.32. The van der Waals surface area contributed by atoms with Crippen molar-refractivity contribution < 1.29 is 22.6 Å². The van der Waals surface area contributed by atoms with E-state index in [-0.39, 0.29) is 30.1 Å². The van der Waals surface area contributed by atoms with Crippen molar-refractivity contribution in [3.05, 3.63) is 72.3 Å². The van der Waals surface area contributed by atoms with Gasteiger partial charge in [-0.3, -0.25) is 4.57 Å². The Morgan fingerprint density at radius 1 is 1.09 bits per heavy atom. The Morgan fingerprint density at radius 2 is 1.85 bits per heavy atom. The van der Waals surface area contributed by atoms with E-state index in [9.17, 15) is 13.2 Å². The number of nitrogens with one attached hydrogen (secondary N) is 1. The van der Waals surface area contributed by atoms with Gasteiger partial charge in [-0.15, -0.1) is 35.8 Å². The highest BCUT2D eigenvalue weighted by Gasteiger charge is 2.49. The maximum Gasteiger partial charge on any atom is 0.573 e. The Kier molecular flexibility index (Phi) is 6.65. The van der Waals surface area contributed by atoms with Gasteiger partial charge < -0.3 is 14.8 Å². The van der Waals surface area contributed by atoms with Crippen molar-refractivity contribution in [2.75, 3.05) is 13.2 Å². The summed E-state index contributed by atoms with van der Waals surface area (Å²) in [6.45, 7) is 1.20. The van der Waals surface area contributed by atoms with Gasteiger partial charge in [-0.2, -0.15) is 0 Å². The molecular formula is C23H24ClF3N4O2. The second-order valence-corrected chi connectivity index (χ2v) is 8.32. The molecule has 1 aromatic heterocycles. The van der Waals surface area contributed by atoms with Crippen LogP contribution in [-0.4, -0.2) is 39.9 Å². The van der Waals surface area contributed by atoms with Gasteiger partial charge in [0, 0.05) is 17.2 Å². The maximum absolute atomic E-state index is 13.1. The van der Waals surface area contributed by atoms with E-state index in [0.29, 0.717) is 24.3 Å². The van der Waals surface area contributed by atoms with Gasteiger partial charge in [0.05, 0.1) is 18.2 Å². The van der Waals surface area contributed by atoms with Crippen LogP contribution in [0.1, 0.15) is 42.3 Å². The monoisotopic (exact) mass is 480 g/mol. The van der Waals surface area contributed by atoms with Crippen LogP contribution in [0, 0.1) is 0 Å². The highest BCUT2D eigenvalue weighted by Crippen LogP contribution is 2.50. The van der Waals surface area contributed by atoms with E-state index in [1.54, 1.807) is 16.7 Å². The fraction of sp³-hybridized carbons (Fsp3) is 0.391. The number of nitrogens with zero attached hydrogens (tertiary/aromatic N) is 3. The Labute approximate surface area is 195 Å². The summed E-state index contributed by atoms with van der Waals surface area (Å²) in [5.74, 6) is -0.435. The molecular weight excluding hydrogens is 457 g/mol. The first-order valence-corrected chi connectivity index (χ1v) is 10.6. The average Bonchev–Trinajstić information content (AvgIpc) is 3.45. The van der Waals surface area contributed by atoms with Gasteiger partial charge in [0.2, 0.25) is 0 Å². The summed E-state index contributed by atoms with van der Waals surface area (Å²) < 4.78 is 51.8. The Morgan fingerprint density at radius 3 is 2.58 bits per heavy atom. The number of aromatic nitrogens is 3. The summed E-state index contributed by atoms with van der Waals surface area (Å²) in [6.07, 6.45) is 0.626.